The number of anilines is 1. The van der Waals surface area contributed by atoms with Gasteiger partial charge in [0.2, 0.25) is 29.5 Å². The number of methoxy groups -OCH3 is 1. The second-order valence-electron chi connectivity index (χ2n) is 10.9. The van der Waals surface area contributed by atoms with Crippen LogP contribution >= 0.6 is 0 Å². The summed E-state index contributed by atoms with van der Waals surface area (Å²) in [7, 11) is -2.33. The number of rotatable bonds is 19. The van der Waals surface area contributed by atoms with Crippen molar-refractivity contribution < 1.29 is 37.1 Å². The standard InChI is InChI=1S/C32H42N6O8S/c1-3-4-8-24-18-22-17-23(37-47(44,45)26-14-12-25(46-2)13-15-26)11-16-27(22)38(24)32(43)10-7-5-6-9-29(40)35-20-31(42)36-21-30(41)34-19-28(33)39/h11-18,37H,3-10,19-21H2,1-2H3,(H2,33,39)(H,34,41)(H,35,40)(H,36,42). The minimum Gasteiger partial charge on any atom is -0.497 e. The molecule has 0 aliphatic carbocycles. The van der Waals surface area contributed by atoms with Crippen molar-refractivity contribution in [2.45, 2.75) is 63.2 Å². The van der Waals surface area contributed by atoms with Crippen molar-refractivity contribution in [1.82, 2.24) is 20.5 Å². The van der Waals surface area contributed by atoms with Crippen molar-refractivity contribution in [1.29, 1.82) is 0 Å². The quantitative estimate of drug-likeness (QED) is 0.119. The number of hydrogen-bond acceptors (Lipinski definition) is 8. The highest BCUT2D eigenvalue weighted by Crippen LogP contribution is 2.27. The SMILES string of the molecule is CCCCc1cc2cc(NS(=O)(=O)c3ccc(OC)cc3)ccc2n1C(=O)CCCCCC(=O)NCC(=O)NCC(=O)NCC(N)=O. The molecule has 0 spiro atoms. The van der Waals surface area contributed by atoms with Crippen LogP contribution in [0.15, 0.2) is 53.4 Å². The van der Waals surface area contributed by atoms with Crippen molar-refractivity contribution in [2.75, 3.05) is 31.5 Å². The number of carbonyl (C=O) groups is 5. The molecule has 0 radical (unpaired) electrons. The molecule has 0 unspecified atom stereocenters. The first-order chi connectivity index (χ1) is 22.4. The van der Waals surface area contributed by atoms with Crippen LogP contribution in [0, 0.1) is 0 Å². The number of sulfonamides is 1. The number of nitrogens with one attached hydrogen (secondary N) is 4. The van der Waals surface area contributed by atoms with Gasteiger partial charge in [-0.25, -0.2) is 8.42 Å². The van der Waals surface area contributed by atoms with Crippen LogP contribution in [0.25, 0.3) is 10.9 Å². The summed E-state index contributed by atoms with van der Waals surface area (Å²) < 4.78 is 35.3. The van der Waals surface area contributed by atoms with Crippen LogP contribution in [-0.2, 0) is 35.6 Å². The fourth-order valence-electron chi connectivity index (χ4n) is 4.75. The number of benzene rings is 2. The Balaban J connectivity index is 1.51. The van der Waals surface area contributed by atoms with Crippen molar-refractivity contribution >= 4 is 56.1 Å². The largest absolute Gasteiger partial charge is 0.497 e. The van der Waals surface area contributed by atoms with E-state index in [1.54, 1.807) is 34.9 Å². The molecule has 0 saturated carbocycles. The van der Waals surface area contributed by atoms with E-state index in [-0.39, 0.29) is 49.2 Å². The molecule has 14 nitrogen and oxygen atoms in total. The monoisotopic (exact) mass is 670 g/mol. The lowest BCUT2D eigenvalue weighted by Crippen LogP contribution is -2.43. The van der Waals surface area contributed by atoms with Crippen LogP contribution < -0.4 is 31.1 Å². The number of nitrogens with two attached hydrogens (primary N) is 1. The van der Waals surface area contributed by atoms with E-state index in [0.29, 0.717) is 42.6 Å². The number of hydrogen-bond donors (Lipinski definition) is 5. The first-order valence-electron chi connectivity index (χ1n) is 15.4. The lowest BCUT2D eigenvalue weighted by Gasteiger charge is -2.11. The molecule has 0 aliphatic rings. The minimum absolute atomic E-state index is 0.0846. The molecule has 0 aliphatic heterocycles. The number of nitrogens with zero attached hydrogens (tertiary/aromatic N) is 1. The summed E-state index contributed by atoms with van der Waals surface area (Å²) >= 11 is 0. The van der Waals surface area contributed by atoms with Gasteiger partial charge in [0, 0.05) is 29.6 Å². The summed E-state index contributed by atoms with van der Waals surface area (Å²) in [5, 5.41) is 7.78. The van der Waals surface area contributed by atoms with Crippen molar-refractivity contribution in [2.24, 2.45) is 5.73 Å². The Hall–Kier alpha value is -4.92. The van der Waals surface area contributed by atoms with E-state index in [9.17, 15) is 32.4 Å². The third kappa shape index (κ3) is 11.4. The van der Waals surface area contributed by atoms with E-state index >= 15 is 0 Å². The van der Waals surface area contributed by atoms with Gasteiger partial charge in [-0.1, -0.05) is 19.8 Å². The summed E-state index contributed by atoms with van der Waals surface area (Å²) in [4.78, 5) is 59.6. The maximum absolute atomic E-state index is 13.4. The van der Waals surface area contributed by atoms with Crippen molar-refractivity contribution in [3.8, 4) is 5.75 Å². The Kier molecular flexibility index (Phi) is 13.8. The first-order valence-corrected chi connectivity index (χ1v) is 16.8. The normalized spacial score (nSPS) is 11.1. The number of unbranched alkanes of at least 4 members (excludes halogenated alkanes) is 3. The maximum Gasteiger partial charge on any atom is 0.261 e. The highest BCUT2D eigenvalue weighted by atomic mass is 32.2. The smallest absolute Gasteiger partial charge is 0.261 e. The molecule has 1 heterocycles. The minimum atomic E-state index is -3.84. The predicted molar refractivity (Wildman–Crippen MR) is 176 cm³/mol. The van der Waals surface area contributed by atoms with Gasteiger partial charge < -0.3 is 26.4 Å². The molecule has 0 saturated heterocycles. The molecular weight excluding hydrogens is 628 g/mol. The summed E-state index contributed by atoms with van der Waals surface area (Å²) in [6.07, 6.45) is 4.64. The third-order valence-electron chi connectivity index (χ3n) is 7.18. The molecule has 3 rings (SSSR count). The van der Waals surface area contributed by atoms with E-state index in [0.717, 1.165) is 23.9 Å². The Morgan fingerprint density at radius 3 is 2.06 bits per heavy atom. The molecule has 2 aromatic carbocycles. The van der Waals surface area contributed by atoms with Gasteiger partial charge in [-0.05, 0) is 74.2 Å². The average molecular weight is 671 g/mol. The van der Waals surface area contributed by atoms with Crippen LogP contribution in [-0.4, -0.2) is 69.3 Å². The molecule has 1 aromatic heterocycles. The molecular formula is C32H42N6O8S. The molecule has 4 amide bonds. The molecule has 6 N–H and O–H groups in total. The summed E-state index contributed by atoms with van der Waals surface area (Å²) in [5.74, 6) is -1.72. The van der Waals surface area contributed by atoms with Gasteiger partial charge in [-0.15, -0.1) is 0 Å². The Bertz CT molecular complexity index is 1690. The molecule has 0 fully saturated rings. The van der Waals surface area contributed by atoms with Gasteiger partial charge in [-0.3, -0.25) is 33.3 Å². The van der Waals surface area contributed by atoms with Crippen LogP contribution in [0.2, 0.25) is 0 Å². The zero-order valence-electron chi connectivity index (χ0n) is 26.6. The summed E-state index contributed by atoms with van der Waals surface area (Å²) in [6.45, 7) is 1.08. The average Bonchev–Trinajstić information content (AvgIpc) is 3.41. The van der Waals surface area contributed by atoms with Crippen molar-refractivity contribution in [3.05, 3.63) is 54.2 Å². The molecule has 15 heteroatoms. The zero-order chi connectivity index (χ0) is 34.4. The van der Waals surface area contributed by atoms with Gasteiger partial charge in [-0.2, -0.15) is 0 Å². The second kappa shape index (κ2) is 17.7. The third-order valence-corrected chi connectivity index (χ3v) is 8.58. The molecule has 254 valence electrons. The zero-order valence-corrected chi connectivity index (χ0v) is 27.4. The number of ether oxygens (including phenoxy) is 1. The van der Waals surface area contributed by atoms with Crippen LogP contribution in [0.1, 0.15) is 62.4 Å². The van der Waals surface area contributed by atoms with Gasteiger partial charge >= 0.3 is 0 Å². The van der Waals surface area contributed by atoms with Gasteiger partial charge in [0.25, 0.3) is 10.0 Å². The number of aromatic nitrogens is 1. The van der Waals surface area contributed by atoms with Gasteiger partial charge in [0.1, 0.15) is 5.75 Å². The number of primary amides is 1. The highest BCUT2D eigenvalue weighted by molar-refractivity contribution is 7.92. The summed E-state index contributed by atoms with van der Waals surface area (Å²) in [5.41, 5.74) is 6.85. The molecule has 47 heavy (non-hydrogen) atoms. The van der Waals surface area contributed by atoms with E-state index in [4.69, 9.17) is 10.5 Å². The van der Waals surface area contributed by atoms with E-state index < -0.39 is 27.7 Å². The fourth-order valence-corrected chi connectivity index (χ4v) is 5.80. The fraction of sp³-hybridized carbons (Fsp3) is 0.406. The topological polar surface area (TPSA) is 208 Å². The molecule has 0 bridgehead atoms. The Morgan fingerprint density at radius 2 is 1.43 bits per heavy atom. The highest BCUT2D eigenvalue weighted by Gasteiger charge is 2.18. The van der Waals surface area contributed by atoms with E-state index in [2.05, 4.69) is 27.6 Å². The maximum atomic E-state index is 13.4. The number of amides is 4. The number of fused-ring (bicyclic) bond motifs is 1. The van der Waals surface area contributed by atoms with Gasteiger partial charge in [0.05, 0.1) is 37.2 Å². The summed E-state index contributed by atoms with van der Waals surface area (Å²) in [6, 6.07) is 13.1. The van der Waals surface area contributed by atoms with Gasteiger partial charge in [0.15, 0.2) is 0 Å². The molecule has 0 atom stereocenters. The van der Waals surface area contributed by atoms with Crippen LogP contribution in [0.4, 0.5) is 5.69 Å². The van der Waals surface area contributed by atoms with Crippen LogP contribution in [0.5, 0.6) is 5.75 Å². The molecule has 3 aromatic rings. The lowest BCUT2D eigenvalue weighted by molar-refractivity contribution is -0.128. The predicted octanol–water partition coefficient (Wildman–Crippen LogP) is 2.22. The lowest BCUT2D eigenvalue weighted by atomic mass is 10.1. The number of aryl methyl sites for hydroxylation is 1. The van der Waals surface area contributed by atoms with E-state index in [1.807, 2.05) is 6.07 Å². The second-order valence-corrected chi connectivity index (χ2v) is 12.6. The van der Waals surface area contributed by atoms with Crippen LogP contribution in [0.3, 0.4) is 0 Å². The van der Waals surface area contributed by atoms with E-state index in [1.165, 1.54) is 19.2 Å². The number of carbonyl (C=O) groups excluding carboxylic acids is 5. The Morgan fingerprint density at radius 1 is 0.787 bits per heavy atom. The Labute approximate surface area is 273 Å². The first kappa shape index (κ1) is 36.5. The van der Waals surface area contributed by atoms with Crippen molar-refractivity contribution in [3.63, 3.8) is 0 Å².